The molecule has 0 unspecified atom stereocenters. The molecule has 0 aromatic heterocycles. The van der Waals surface area contributed by atoms with Crippen LogP contribution in [0.2, 0.25) is 0 Å². The van der Waals surface area contributed by atoms with Crippen LogP contribution in [-0.4, -0.2) is 72.0 Å². The molecular weight excluding hydrogens is 454 g/mol. The number of carbonyl (C=O) groups is 1. The van der Waals surface area contributed by atoms with Crippen molar-refractivity contribution < 1.29 is 34.8 Å². The number of hydrogen-bond donors (Lipinski definition) is 0. The summed E-state index contributed by atoms with van der Waals surface area (Å²) in [7, 11) is -11.3. The average molecular weight is 480 g/mol. The molecule has 2 heterocycles. The maximum Gasteiger partial charge on any atom is 0.309 e. The van der Waals surface area contributed by atoms with Gasteiger partial charge in [-0.05, 0) is 44.4 Å². The lowest BCUT2D eigenvalue weighted by molar-refractivity contribution is -0.149. The van der Waals surface area contributed by atoms with Gasteiger partial charge in [0.1, 0.15) is 0 Å². The van der Waals surface area contributed by atoms with Gasteiger partial charge in [-0.3, -0.25) is 4.79 Å². The molecular formula is C18H25NO8S3. The predicted molar refractivity (Wildman–Crippen MR) is 109 cm³/mol. The molecule has 0 amide bonds. The maximum absolute atomic E-state index is 13.0. The minimum Gasteiger partial charge on any atom is -0.466 e. The van der Waals surface area contributed by atoms with Gasteiger partial charge in [-0.25, -0.2) is 25.3 Å². The second kappa shape index (κ2) is 8.56. The van der Waals surface area contributed by atoms with Gasteiger partial charge in [-0.1, -0.05) is 6.07 Å². The number of ether oxygens (including phenoxy) is 1. The first-order valence-corrected chi connectivity index (χ1v) is 14.5. The number of carbonyl (C=O) groups excluding carboxylic acids is 1. The Hall–Kier alpha value is -1.50. The van der Waals surface area contributed by atoms with E-state index in [9.17, 15) is 30.0 Å². The van der Waals surface area contributed by atoms with Gasteiger partial charge in [0.05, 0.1) is 39.1 Å². The highest BCUT2D eigenvalue weighted by atomic mass is 32.2. The summed E-state index contributed by atoms with van der Waals surface area (Å²) in [6, 6.07) is 5.03. The third-order valence-corrected chi connectivity index (χ3v) is 11.5. The van der Waals surface area contributed by atoms with Gasteiger partial charge >= 0.3 is 5.97 Å². The minimum absolute atomic E-state index is 0.00299. The first kappa shape index (κ1) is 23.2. The van der Waals surface area contributed by atoms with Crippen LogP contribution < -0.4 is 0 Å². The molecule has 168 valence electrons. The van der Waals surface area contributed by atoms with Gasteiger partial charge in [0.15, 0.2) is 19.7 Å². The van der Waals surface area contributed by atoms with Gasteiger partial charge in [0, 0.05) is 13.1 Å². The molecule has 9 nitrogen and oxygen atoms in total. The zero-order chi connectivity index (χ0) is 22.2. The van der Waals surface area contributed by atoms with Crippen molar-refractivity contribution in [3.8, 4) is 0 Å². The molecule has 30 heavy (non-hydrogen) atoms. The fraction of sp³-hybridized carbons (Fsp3) is 0.611. The van der Waals surface area contributed by atoms with E-state index in [1.807, 2.05) is 0 Å². The van der Waals surface area contributed by atoms with Crippen LogP contribution in [-0.2, 0) is 39.2 Å². The molecule has 0 radical (unpaired) electrons. The zero-order valence-corrected chi connectivity index (χ0v) is 19.0. The van der Waals surface area contributed by atoms with Gasteiger partial charge in [-0.2, -0.15) is 4.31 Å². The van der Waals surface area contributed by atoms with Crippen molar-refractivity contribution >= 4 is 35.7 Å². The largest absolute Gasteiger partial charge is 0.466 e. The Balaban J connectivity index is 1.79. The second-order valence-corrected chi connectivity index (χ2v) is 13.9. The molecule has 0 spiro atoms. The van der Waals surface area contributed by atoms with Crippen molar-refractivity contribution in [1.82, 2.24) is 4.31 Å². The molecule has 2 aliphatic heterocycles. The number of esters is 1. The highest BCUT2D eigenvalue weighted by molar-refractivity contribution is 7.96. The number of rotatable bonds is 6. The molecule has 1 aromatic rings. The van der Waals surface area contributed by atoms with Crippen LogP contribution in [0.3, 0.4) is 0 Å². The fourth-order valence-corrected chi connectivity index (χ4v) is 9.75. The third-order valence-electron chi connectivity index (χ3n) is 5.48. The van der Waals surface area contributed by atoms with E-state index in [1.165, 1.54) is 22.5 Å². The summed E-state index contributed by atoms with van der Waals surface area (Å²) >= 11 is 0. The molecule has 12 heteroatoms. The Bertz CT molecular complexity index is 1120. The smallest absolute Gasteiger partial charge is 0.309 e. The van der Waals surface area contributed by atoms with Crippen LogP contribution in [0.1, 0.15) is 26.2 Å². The van der Waals surface area contributed by atoms with E-state index in [0.29, 0.717) is 12.8 Å². The molecule has 2 saturated heterocycles. The predicted octanol–water partition coefficient (Wildman–Crippen LogP) is 0.611. The van der Waals surface area contributed by atoms with Gasteiger partial charge < -0.3 is 4.74 Å². The average Bonchev–Trinajstić information content (AvgIpc) is 3.09. The van der Waals surface area contributed by atoms with E-state index >= 15 is 0 Å². The highest BCUT2D eigenvalue weighted by Crippen LogP contribution is 2.29. The zero-order valence-electron chi connectivity index (χ0n) is 16.6. The van der Waals surface area contributed by atoms with Crippen LogP contribution >= 0.6 is 0 Å². The number of nitrogens with zero attached hydrogens (tertiary/aromatic N) is 1. The van der Waals surface area contributed by atoms with Crippen LogP contribution in [0, 0.1) is 5.92 Å². The lowest BCUT2D eigenvalue weighted by Crippen LogP contribution is -2.40. The van der Waals surface area contributed by atoms with Crippen molar-refractivity contribution in [3.63, 3.8) is 0 Å². The van der Waals surface area contributed by atoms with E-state index < -0.39 is 40.7 Å². The Kier molecular flexibility index (Phi) is 6.61. The van der Waals surface area contributed by atoms with Crippen molar-refractivity contribution in [2.45, 2.75) is 41.2 Å². The van der Waals surface area contributed by atoms with Gasteiger partial charge in [0.2, 0.25) is 10.0 Å². The Labute approximate surface area is 177 Å². The van der Waals surface area contributed by atoms with Crippen molar-refractivity contribution in [3.05, 3.63) is 24.3 Å². The van der Waals surface area contributed by atoms with E-state index in [2.05, 4.69) is 0 Å². The summed E-state index contributed by atoms with van der Waals surface area (Å²) in [4.78, 5) is 11.5. The van der Waals surface area contributed by atoms with Crippen LogP contribution in [0.15, 0.2) is 34.1 Å². The first-order chi connectivity index (χ1) is 14.0. The number of piperidine rings is 1. The van der Waals surface area contributed by atoms with Gasteiger partial charge in [-0.15, -0.1) is 0 Å². The van der Waals surface area contributed by atoms with Crippen LogP contribution in [0.5, 0.6) is 0 Å². The molecule has 2 aliphatic rings. The SMILES string of the molecule is CCOC(=O)C1CCN(S(=O)(=O)c2cccc(S(=O)(=O)[C@@H]3CCS(=O)(=O)C3)c2)CC1. The van der Waals surface area contributed by atoms with E-state index in [0.717, 1.165) is 6.07 Å². The number of benzene rings is 1. The van der Waals surface area contributed by atoms with E-state index in [-0.39, 0.29) is 53.5 Å². The molecule has 0 saturated carbocycles. The summed E-state index contributed by atoms with van der Waals surface area (Å²) in [6.45, 7) is 2.23. The summed E-state index contributed by atoms with van der Waals surface area (Å²) < 4.78 is 81.2. The topological polar surface area (TPSA) is 132 Å². The molecule has 0 aliphatic carbocycles. The fourth-order valence-electron chi connectivity index (χ4n) is 3.75. The molecule has 2 fully saturated rings. The van der Waals surface area contributed by atoms with Crippen molar-refractivity contribution in [2.75, 3.05) is 31.2 Å². The molecule has 3 rings (SSSR count). The Morgan fingerprint density at radius 2 is 1.73 bits per heavy atom. The summed E-state index contributed by atoms with van der Waals surface area (Å²) in [5.41, 5.74) is 0. The number of sulfonamides is 1. The van der Waals surface area contributed by atoms with Crippen molar-refractivity contribution in [2.24, 2.45) is 5.92 Å². The maximum atomic E-state index is 13.0. The Morgan fingerprint density at radius 1 is 1.10 bits per heavy atom. The van der Waals surface area contributed by atoms with E-state index in [4.69, 9.17) is 4.74 Å². The monoisotopic (exact) mass is 479 g/mol. The lowest BCUT2D eigenvalue weighted by atomic mass is 9.98. The molecule has 0 N–H and O–H groups in total. The molecule has 1 atom stereocenters. The van der Waals surface area contributed by atoms with Crippen molar-refractivity contribution in [1.29, 1.82) is 0 Å². The Morgan fingerprint density at radius 3 is 2.30 bits per heavy atom. The first-order valence-electron chi connectivity index (χ1n) is 9.68. The minimum atomic E-state index is -3.97. The molecule has 1 aromatic carbocycles. The van der Waals surface area contributed by atoms with Crippen LogP contribution in [0.25, 0.3) is 0 Å². The number of hydrogen-bond acceptors (Lipinski definition) is 8. The van der Waals surface area contributed by atoms with E-state index in [1.54, 1.807) is 6.92 Å². The quantitative estimate of drug-likeness (QED) is 0.542. The van der Waals surface area contributed by atoms with Gasteiger partial charge in [0.25, 0.3) is 0 Å². The lowest BCUT2D eigenvalue weighted by Gasteiger charge is -2.30. The normalized spacial score (nSPS) is 23.3. The summed E-state index contributed by atoms with van der Waals surface area (Å²) in [5, 5.41) is -1.07. The number of sulfone groups is 2. The summed E-state index contributed by atoms with van der Waals surface area (Å²) in [6.07, 6.45) is 0.662. The highest BCUT2D eigenvalue weighted by Gasteiger charge is 2.39. The third kappa shape index (κ3) is 4.71. The summed E-state index contributed by atoms with van der Waals surface area (Å²) in [5.74, 6) is -1.33. The second-order valence-electron chi connectivity index (χ2n) is 7.48. The van der Waals surface area contributed by atoms with Crippen LogP contribution in [0.4, 0.5) is 0 Å². The standard InChI is InChI=1S/C18H25NO8S3/c1-2-27-18(20)14-6-9-19(10-7-14)30(25,26)16-5-3-4-15(12-16)29(23,24)17-8-11-28(21,22)13-17/h3-5,12,14,17H,2,6-11,13H2,1H3/t17-/m1/s1. The molecule has 0 bridgehead atoms.